The molecule has 0 spiro atoms. The summed E-state index contributed by atoms with van der Waals surface area (Å²) in [6.45, 7) is 5.61. The van der Waals surface area contributed by atoms with Gasteiger partial charge in [0.25, 0.3) is 0 Å². The Morgan fingerprint density at radius 3 is 2.44 bits per heavy atom. The lowest BCUT2D eigenvalue weighted by molar-refractivity contribution is -0.00576. The van der Waals surface area contributed by atoms with Crippen molar-refractivity contribution in [2.24, 2.45) is 0 Å². The van der Waals surface area contributed by atoms with Crippen LogP contribution in [-0.4, -0.2) is 54.4 Å². The third kappa shape index (κ3) is 2.79. The van der Waals surface area contributed by atoms with E-state index in [4.69, 9.17) is 9.47 Å². The fourth-order valence-corrected chi connectivity index (χ4v) is 2.03. The standard InChI is InChI=1S/C11H19N5O2/c1-7-5-16(6-8(2)18-7)10-13-9(12-3)14-11(15-10)17-4/h7-8H,5-6H2,1-4H3,(H,12,13,14,15). The van der Waals surface area contributed by atoms with Gasteiger partial charge in [-0.15, -0.1) is 0 Å². The van der Waals surface area contributed by atoms with Crippen molar-refractivity contribution in [2.75, 3.05) is 37.5 Å². The molecule has 0 aliphatic carbocycles. The Kier molecular flexibility index (Phi) is 3.81. The summed E-state index contributed by atoms with van der Waals surface area (Å²) in [5, 5.41) is 2.90. The SMILES string of the molecule is CNc1nc(OC)nc(N2CC(C)OC(C)C2)n1. The number of hydrogen-bond donors (Lipinski definition) is 1. The first-order valence-electron chi connectivity index (χ1n) is 6.00. The zero-order valence-electron chi connectivity index (χ0n) is 11.2. The van der Waals surface area contributed by atoms with Gasteiger partial charge in [-0.2, -0.15) is 15.0 Å². The van der Waals surface area contributed by atoms with Crippen LogP contribution in [0.25, 0.3) is 0 Å². The molecule has 7 heteroatoms. The van der Waals surface area contributed by atoms with Gasteiger partial charge in [-0.3, -0.25) is 0 Å². The average molecular weight is 253 g/mol. The summed E-state index contributed by atoms with van der Waals surface area (Å²) in [6.07, 6.45) is 0.323. The lowest BCUT2D eigenvalue weighted by atomic mass is 10.2. The van der Waals surface area contributed by atoms with E-state index in [1.54, 1.807) is 14.2 Å². The predicted molar refractivity (Wildman–Crippen MR) is 68.1 cm³/mol. The lowest BCUT2D eigenvalue weighted by Gasteiger charge is -2.35. The summed E-state index contributed by atoms with van der Waals surface area (Å²) >= 11 is 0. The maximum atomic E-state index is 5.69. The molecule has 1 aliphatic rings. The summed E-state index contributed by atoms with van der Waals surface area (Å²) in [7, 11) is 3.31. The van der Waals surface area contributed by atoms with Gasteiger partial charge in [-0.25, -0.2) is 0 Å². The number of methoxy groups -OCH3 is 1. The van der Waals surface area contributed by atoms with Gasteiger partial charge >= 0.3 is 6.01 Å². The van der Waals surface area contributed by atoms with Crippen molar-refractivity contribution in [3.63, 3.8) is 0 Å². The Morgan fingerprint density at radius 2 is 1.89 bits per heavy atom. The third-order valence-electron chi connectivity index (χ3n) is 2.71. The minimum atomic E-state index is 0.162. The molecule has 0 amide bonds. The van der Waals surface area contributed by atoms with E-state index in [2.05, 4.69) is 25.2 Å². The molecular weight excluding hydrogens is 234 g/mol. The van der Waals surface area contributed by atoms with Crippen LogP contribution in [-0.2, 0) is 4.74 Å². The molecule has 2 heterocycles. The molecule has 2 unspecified atom stereocenters. The largest absolute Gasteiger partial charge is 0.467 e. The van der Waals surface area contributed by atoms with Crippen molar-refractivity contribution >= 4 is 11.9 Å². The van der Waals surface area contributed by atoms with Gasteiger partial charge < -0.3 is 19.7 Å². The van der Waals surface area contributed by atoms with Gasteiger partial charge in [-0.1, -0.05) is 0 Å². The molecule has 0 saturated carbocycles. The molecule has 1 N–H and O–H groups in total. The number of ether oxygens (including phenoxy) is 2. The first-order chi connectivity index (χ1) is 8.62. The number of morpholine rings is 1. The third-order valence-corrected chi connectivity index (χ3v) is 2.71. The Morgan fingerprint density at radius 1 is 1.22 bits per heavy atom. The summed E-state index contributed by atoms with van der Waals surface area (Å²) < 4.78 is 10.8. The normalized spacial score (nSPS) is 23.9. The fourth-order valence-electron chi connectivity index (χ4n) is 2.03. The van der Waals surface area contributed by atoms with Crippen molar-refractivity contribution in [3.05, 3.63) is 0 Å². The van der Waals surface area contributed by atoms with E-state index in [0.717, 1.165) is 13.1 Å². The van der Waals surface area contributed by atoms with Crippen molar-refractivity contribution in [1.29, 1.82) is 0 Å². The lowest BCUT2D eigenvalue weighted by Crippen LogP contribution is -2.46. The first kappa shape index (κ1) is 12.8. The summed E-state index contributed by atoms with van der Waals surface area (Å²) in [5.74, 6) is 1.12. The monoisotopic (exact) mass is 253 g/mol. The van der Waals surface area contributed by atoms with Crippen LogP contribution in [0.15, 0.2) is 0 Å². The highest BCUT2D eigenvalue weighted by atomic mass is 16.5. The topological polar surface area (TPSA) is 72.4 Å². The highest BCUT2D eigenvalue weighted by Crippen LogP contribution is 2.19. The number of anilines is 2. The van der Waals surface area contributed by atoms with Crippen molar-refractivity contribution < 1.29 is 9.47 Å². The zero-order chi connectivity index (χ0) is 13.1. The summed E-state index contributed by atoms with van der Waals surface area (Å²) in [6, 6.07) is 0.316. The average Bonchev–Trinajstić information content (AvgIpc) is 2.37. The van der Waals surface area contributed by atoms with Crippen molar-refractivity contribution in [2.45, 2.75) is 26.1 Å². The molecule has 1 aliphatic heterocycles. The predicted octanol–water partition coefficient (Wildman–Crippen LogP) is 0.535. The minimum absolute atomic E-state index is 0.162. The van der Waals surface area contributed by atoms with Gasteiger partial charge in [-0.05, 0) is 13.8 Å². The Bertz CT molecular complexity index is 382. The van der Waals surface area contributed by atoms with Gasteiger partial charge in [0, 0.05) is 20.1 Å². The van der Waals surface area contributed by atoms with Crippen LogP contribution in [0.1, 0.15) is 13.8 Å². The van der Waals surface area contributed by atoms with Gasteiger partial charge in [0.2, 0.25) is 11.9 Å². The zero-order valence-corrected chi connectivity index (χ0v) is 11.2. The van der Waals surface area contributed by atoms with E-state index in [-0.39, 0.29) is 12.2 Å². The van der Waals surface area contributed by atoms with E-state index < -0.39 is 0 Å². The second-order valence-corrected chi connectivity index (χ2v) is 4.36. The number of nitrogens with one attached hydrogen (secondary N) is 1. The van der Waals surface area contributed by atoms with Crippen molar-refractivity contribution in [1.82, 2.24) is 15.0 Å². The summed E-state index contributed by atoms with van der Waals surface area (Å²) in [5.41, 5.74) is 0. The molecule has 1 saturated heterocycles. The van der Waals surface area contributed by atoms with E-state index in [0.29, 0.717) is 17.9 Å². The molecule has 18 heavy (non-hydrogen) atoms. The molecule has 0 radical (unpaired) electrons. The molecule has 1 aromatic heterocycles. The fraction of sp³-hybridized carbons (Fsp3) is 0.727. The van der Waals surface area contributed by atoms with Gasteiger partial charge in [0.05, 0.1) is 19.3 Å². The van der Waals surface area contributed by atoms with Crippen LogP contribution < -0.4 is 15.0 Å². The van der Waals surface area contributed by atoms with E-state index >= 15 is 0 Å². The molecule has 1 aromatic rings. The van der Waals surface area contributed by atoms with Crippen LogP contribution >= 0.6 is 0 Å². The molecule has 0 aromatic carbocycles. The number of hydrogen-bond acceptors (Lipinski definition) is 7. The maximum Gasteiger partial charge on any atom is 0.322 e. The highest BCUT2D eigenvalue weighted by Gasteiger charge is 2.25. The number of aromatic nitrogens is 3. The molecule has 100 valence electrons. The van der Waals surface area contributed by atoms with Crippen LogP contribution in [0, 0.1) is 0 Å². The second kappa shape index (κ2) is 5.34. The number of rotatable bonds is 3. The highest BCUT2D eigenvalue weighted by molar-refractivity contribution is 5.38. The van der Waals surface area contributed by atoms with Crippen molar-refractivity contribution in [3.8, 4) is 6.01 Å². The van der Waals surface area contributed by atoms with Crippen LogP contribution in [0.5, 0.6) is 6.01 Å². The molecule has 1 fully saturated rings. The Balaban J connectivity index is 2.25. The van der Waals surface area contributed by atoms with E-state index in [1.165, 1.54) is 0 Å². The van der Waals surface area contributed by atoms with E-state index in [9.17, 15) is 0 Å². The van der Waals surface area contributed by atoms with Crippen LogP contribution in [0.4, 0.5) is 11.9 Å². The summed E-state index contributed by atoms with van der Waals surface area (Å²) in [4.78, 5) is 14.8. The maximum absolute atomic E-state index is 5.69. The van der Waals surface area contributed by atoms with Gasteiger partial charge in [0.15, 0.2) is 0 Å². The first-order valence-corrected chi connectivity index (χ1v) is 6.00. The number of nitrogens with zero attached hydrogens (tertiary/aromatic N) is 4. The minimum Gasteiger partial charge on any atom is -0.467 e. The molecule has 0 bridgehead atoms. The Hall–Kier alpha value is -1.63. The van der Waals surface area contributed by atoms with E-state index in [1.807, 2.05) is 13.8 Å². The van der Waals surface area contributed by atoms with Crippen LogP contribution in [0.2, 0.25) is 0 Å². The Labute approximate surface area is 107 Å². The molecule has 7 nitrogen and oxygen atoms in total. The molecular formula is C11H19N5O2. The van der Waals surface area contributed by atoms with Crippen LogP contribution in [0.3, 0.4) is 0 Å². The molecule has 2 atom stereocenters. The second-order valence-electron chi connectivity index (χ2n) is 4.36. The van der Waals surface area contributed by atoms with Gasteiger partial charge in [0.1, 0.15) is 0 Å². The molecule has 2 rings (SSSR count). The quantitative estimate of drug-likeness (QED) is 0.842. The smallest absolute Gasteiger partial charge is 0.322 e.